The van der Waals surface area contributed by atoms with Crippen molar-refractivity contribution in [3.05, 3.63) is 102 Å². The second-order valence-corrected chi connectivity index (χ2v) is 7.94. The maximum Gasteiger partial charge on any atom is 0.287 e. The lowest BCUT2D eigenvalue weighted by atomic mass is 9.99. The Morgan fingerprint density at radius 3 is 2.53 bits per heavy atom. The van der Waals surface area contributed by atoms with Gasteiger partial charge in [0, 0.05) is 37.1 Å². The van der Waals surface area contributed by atoms with Gasteiger partial charge in [-0.3, -0.25) is 9.59 Å². The number of primary amides is 1. The van der Waals surface area contributed by atoms with Crippen molar-refractivity contribution in [3.8, 4) is 11.3 Å². The first-order chi connectivity index (χ1) is 16.5. The fraction of sp³-hybridized carbons (Fsp3) is 0.192. The van der Waals surface area contributed by atoms with E-state index in [1.807, 2.05) is 48.7 Å². The van der Waals surface area contributed by atoms with Crippen LogP contribution in [0.1, 0.15) is 17.3 Å². The van der Waals surface area contributed by atoms with Crippen LogP contribution >= 0.6 is 0 Å². The van der Waals surface area contributed by atoms with Gasteiger partial charge in [-0.15, -0.1) is 0 Å². The molecule has 1 aliphatic rings. The molecule has 3 aromatic rings. The van der Waals surface area contributed by atoms with Gasteiger partial charge in [-0.05, 0) is 42.0 Å². The van der Waals surface area contributed by atoms with Crippen molar-refractivity contribution in [2.75, 3.05) is 7.11 Å². The number of aromatic nitrogens is 2. The number of Topliss-reactive ketones (excluding diaryl/α,β-unsaturated/α-hetero) is 1. The highest BCUT2D eigenvalue weighted by molar-refractivity contribution is 6.37. The van der Waals surface area contributed by atoms with Crippen molar-refractivity contribution in [1.82, 2.24) is 14.7 Å². The van der Waals surface area contributed by atoms with E-state index < -0.39 is 23.9 Å². The largest absolute Gasteiger partial charge is 0.380 e. The van der Waals surface area contributed by atoms with Gasteiger partial charge in [-0.25, -0.2) is 9.07 Å². The van der Waals surface area contributed by atoms with Crippen molar-refractivity contribution in [1.29, 1.82) is 0 Å². The lowest BCUT2D eigenvalue weighted by Gasteiger charge is -2.36. The number of halogens is 1. The van der Waals surface area contributed by atoms with Crippen molar-refractivity contribution in [2.45, 2.75) is 25.2 Å². The van der Waals surface area contributed by atoms with Crippen LogP contribution in [0.15, 0.2) is 85.2 Å². The first kappa shape index (κ1) is 23.1. The first-order valence-corrected chi connectivity index (χ1v) is 10.8. The molecule has 2 heterocycles. The number of rotatable bonds is 9. The molecule has 0 saturated carbocycles. The molecule has 0 radical (unpaired) electrons. The molecule has 34 heavy (non-hydrogen) atoms. The predicted octanol–water partition coefficient (Wildman–Crippen LogP) is 3.39. The molecule has 0 fully saturated rings. The number of amides is 1. The Balaban J connectivity index is 1.73. The predicted molar refractivity (Wildman–Crippen MR) is 126 cm³/mol. The third-order valence-electron chi connectivity index (χ3n) is 5.63. The monoisotopic (exact) mass is 460 g/mol. The molecule has 0 aliphatic carbocycles. The Labute approximate surface area is 196 Å². The zero-order valence-corrected chi connectivity index (χ0v) is 18.7. The van der Waals surface area contributed by atoms with Gasteiger partial charge in [-0.2, -0.15) is 5.10 Å². The van der Waals surface area contributed by atoms with Gasteiger partial charge >= 0.3 is 0 Å². The summed E-state index contributed by atoms with van der Waals surface area (Å²) in [7, 11) is 1.59. The van der Waals surface area contributed by atoms with Crippen molar-refractivity contribution < 1.29 is 18.7 Å². The second kappa shape index (κ2) is 10.3. The molecule has 0 bridgehead atoms. The number of ketones is 1. The average Bonchev–Trinajstić information content (AvgIpc) is 3.27. The summed E-state index contributed by atoms with van der Waals surface area (Å²) in [6, 6.07) is 14.7. The Morgan fingerprint density at radius 1 is 1.12 bits per heavy atom. The normalized spacial score (nSPS) is 15.9. The SMILES string of the molecule is COCc1cn(C2C=CC=CN2C(Cc2ccccc2)C(=O)C(N)=O)nc1-c1ccc(F)cc1. The van der Waals surface area contributed by atoms with Crippen LogP contribution in [0.5, 0.6) is 0 Å². The molecule has 0 spiro atoms. The Morgan fingerprint density at radius 2 is 1.85 bits per heavy atom. The van der Waals surface area contributed by atoms with Crippen molar-refractivity contribution in [2.24, 2.45) is 5.73 Å². The van der Waals surface area contributed by atoms with E-state index in [1.165, 1.54) is 12.1 Å². The van der Waals surface area contributed by atoms with Gasteiger partial charge < -0.3 is 15.4 Å². The van der Waals surface area contributed by atoms with Crippen LogP contribution in [-0.2, 0) is 27.4 Å². The highest BCUT2D eigenvalue weighted by Crippen LogP contribution is 2.29. The maximum atomic E-state index is 13.5. The molecular weight excluding hydrogens is 435 g/mol. The van der Waals surface area contributed by atoms with Gasteiger partial charge in [0.15, 0.2) is 0 Å². The number of carbonyl (C=O) groups excluding carboxylic acids is 2. The topological polar surface area (TPSA) is 90.5 Å². The summed E-state index contributed by atoms with van der Waals surface area (Å²) in [5.74, 6) is -2.01. The smallest absolute Gasteiger partial charge is 0.287 e. The minimum absolute atomic E-state index is 0.298. The van der Waals surface area contributed by atoms with Crippen LogP contribution in [-0.4, -0.2) is 39.5 Å². The van der Waals surface area contributed by atoms with Crippen molar-refractivity contribution in [3.63, 3.8) is 0 Å². The summed E-state index contributed by atoms with van der Waals surface area (Å²) >= 11 is 0. The molecule has 2 unspecified atom stereocenters. The molecule has 174 valence electrons. The van der Waals surface area contributed by atoms with Gasteiger partial charge in [-0.1, -0.05) is 36.4 Å². The van der Waals surface area contributed by atoms with Crippen LogP contribution < -0.4 is 5.73 Å². The van der Waals surface area contributed by atoms with Crippen LogP contribution in [0, 0.1) is 5.82 Å². The summed E-state index contributed by atoms with van der Waals surface area (Å²) in [5, 5.41) is 4.76. The van der Waals surface area contributed by atoms with E-state index in [1.54, 1.807) is 41.1 Å². The number of nitrogens with zero attached hydrogens (tertiary/aromatic N) is 3. The molecule has 2 N–H and O–H groups in total. The zero-order valence-electron chi connectivity index (χ0n) is 18.7. The van der Waals surface area contributed by atoms with Crippen LogP contribution in [0.4, 0.5) is 4.39 Å². The van der Waals surface area contributed by atoms with Crippen LogP contribution in [0.3, 0.4) is 0 Å². The van der Waals surface area contributed by atoms with Gasteiger partial charge in [0.25, 0.3) is 5.91 Å². The highest BCUT2D eigenvalue weighted by atomic mass is 19.1. The summed E-state index contributed by atoms with van der Waals surface area (Å²) in [4.78, 5) is 26.6. The molecule has 4 rings (SSSR count). The van der Waals surface area contributed by atoms with E-state index in [-0.39, 0.29) is 5.82 Å². The van der Waals surface area contributed by atoms with Gasteiger partial charge in [0.05, 0.1) is 12.3 Å². The fourth-order valence-electron chi connectivity index (χ4n) is 4.03. The number of hydrogen-bond donors (Lipinski definition) is 1. The zero-order chi connectivity index (χ0) is 24.1. The molecule has 2 aromatic carbocycles. The maximum absolute atomic E-state index is 13.5. The lowest BCUT2D eigenvalue weighted by Crippen LogP contribution is -2.48. The van der Waals surface area contributed by atoms with Gasteiger partial charge in [0.2, 0.25) is 5.78 Å². The Bertz CT molecular complexity index is 1220. The van der Waals surface area contributed by atoms with Crippen molar-refractivity contribution >= 4 is 11.7 Å². The molecule has 1 aromatic heterocycles. The molecule has 7 nitrogen and oxygen atoms in total. The lowest BCUT2D eigenvalue weighted by molar-refractivity contribution is -0.139. The van der Waals surface area contributed by atoms with E-state index in [0.29, 0.717) is 18.7 Å². The average molecular weight is 461 g/mol. The number of allylic oxidation sites excluding steroid dienone is 2. The van der Waals surface area contributed by atoms with E-state index in [4.69, 9.17) is 15.6 Å². The quantitative estimate of drug-likeness (QED) is 0.495. The number of ether oxygens (including phenoxy) is 1. The molecule has 1 aliphatic heterocycles. The molecular formula is C26H25FN4O3. The minimum Gasteiger partial charge on any atom is -0.380 e. The number of hydrogen-bond acceptors (Lipinski definition) is 5. The number of methoxy groups -OCH3 is 1. The highest BCUT2D eigenvalue weighted by Gasteiger charge is 2.33. The first-order valence-electron chi connectivity index (χ1n) is 10.8. The second-order valence-electron chi connectivity index (χ2n) is 7.94. The molecule has 1 amide bonds. The molecule has 0 saturated heterocycles. The Kier molecular flexibility index (Phi) is 6.98. The minimum atomic E-state index is -0.991. The third-order valence-corrected chi connectivity index (χ3v) is 5.63. The standard InChI is InChI=1S/C26H25FN4O3/c1-34-17-20-16-31(29-24(20)19-10-12-21(27)13-11-19)23-9-5-6-14-30(23)22(25(32)26(28)33)15-18-7-3-2-4-8-18/h2-14,16,22-23H,15,17H2,1H3,(H2,28,33). The van der Waals surface area contributed by atoms with E-state index in [9.17, 15) is 14.0 Å². The summed E-state index contributed by atoms with van der Waals surface area (Å²) in [5.41, 5.74) is 8.50. The number of nitrogens with two attached hydrogens (primary N) is 1. The summed E-state index contributed by atoms with van der Waals surface area (Å²) in [6.45, 7) is 0.298. The third kappa shape index (κ3) is 4.97. The summed E-state index contributed by atoms with van der Waals surface area (Å²) < 4.78 is 20.5. The number of carbonyl (C=O) groups is 2. The van der Waals surface area contributed by atoms with E-state index in [0.717, 1.165) is 16.7 Å². The van der Waals surface area contributed by atoms with E-state index >= 15 is 0 Å². The fourth-order valence-corrected chi connectivity index (χ4v) is 4.03. The van der Waals surface area contributed by atoms with Gasteiger partial charge in [0.1, 0.15) is 18.0 Å². The van der Waals surface area contributed by atoms with Crippen LogP contribution in [0.2, 0.25) is 0 Å². The summed E-state index contributed by atoms with van der Waals surface area (Å²) in [6.07, 6.45) is 8.92. The van der Waals surface area contributed by atoms with Crippen LogP contribution in [0.25, 0.3) is 11.3 Å². The number of benzene rings is 2. The molecule has 8 heteroatoms. The Hall–Kier alpha value is -4.04. The molecule has 2 atom stereocenters. The van der Waals surface area contributed by atoms with E-state index in [2.05, 4.69) is 0 Å².